The van der Waals surface area contributed by atoms with Crippen LogP contribution < -0.4 is 5.73 Å². The smallest absolute Gasteiger partial charge is 0.204 e. The summed E-state index contributed by atoms with van der Waals surface area (Å²) in [6.07, 6.45) is 0. The number of hydrogen-bond donors (Lipinski definition) is 1. The van der Waals surface area contributed by atoms with Gasteiger partial charge in [-0.05, 0) is 23.2 Å². The van der Waals surface area contributed by atoms with Gasteiger partial charge in [-0.15, -0.1) is 10.2 Å². The lowest BCUT2D eigenvalue weighted by molar-refractivity contribution is 0.630. The number of nitrogens with two attached hydrogens (primary N) is 1. The minimum Gasteiger partial charge on any atom is -0.330 e. The molecule has 0 fully saturated rings. The maximum Gasteiger partial charge on any atom is 0.204 e. The van der Waals surface area contributed by atoms with Gasteiger partial charge in [0.15, 0.2) is 0 Å². The fourth-order valence-electron chi connectivity index (χ4n) is 1.50. The molecule has 0 saturated carbocycles. The van der Waals surface area contributed by atoms with Crippen LogP contribution in [0, 0.1) is 0 Å². The maximum atomic E-state index is 5.62. The maximum absolute atomic E-state index is 5.62. The number of aryl methyl sites for hydroxylation is 1. The largest absolute Gasteiger partial charge is 0.330 e. The number of rotatable bonds is 3. The van der Waals surface area contributed by atoms with E-state index < -0.39 is 0 Å². The SMILES string of the molecule is CC(CN)c1ccc(-c2nnn(C)n2)cc1. The van der Waals surface area contributed by atoms with Crippen LogP contribution in [-0.2, 0) is 7.05 Å². The summed E-state index contributed by atoms with van der Waals surface area (Å²) < 4.78 is 0. The molecule has 1 heterocycles. The van der Waals surface area contributed by atoms with Crippen molar-refractivity contribution in [3.8, 4) is 11.4 Å². The average Bonchev–Trinajstić information content (AvgIpc) is 2.75. The van der Waals surface area contributed by atoms with E-state index in [-0.39, 0.29) is 0 Å². The summed E-state index contributed by atoms with van der Waals surface area (Å²) in [6, 6.07) is 8.11. The van der Waals surface area contributed by atoms with Gasteiger partial charge in [0.25, 0.3) is 0 Å². The fraction of sp³-hybridized carbons (Fsp3) is 0.364. The number of hydrogen-bond acceptors (Lipinski definition) is 4. The lowest BCUT2D eigenvalue weighted by atomic mass is 10.00. The zero-order chi connectivity index (χ0) is 11.5. The topological polar surface area (TPSA) is 69.6 Å². The first-order valence-electron chi connectivity index (χ1n) is 5.25. The van der Waals surface area contributed by atoms with Crippen molar-refractivity contribution < 1.29 is 0 Å². The van der Waals surface area contributed by atoms with Crippen LogP contribution >= 0.6 is 0 Å². The zero-order valence-corrected chi connectivity index (χ0v) is 9.46. The van der Waals surface area contributed by atoms with Crippen molar-refractivity contribution in [2.75, 3.05) is 6.54 Å². The van der Waals surface area contributed by atoms with E-state index >= 15 is 0 Å². The summed E-state index contributed by atoms with van der Waals surface area (Å²) in [6.45, 7) is 2.76. The van der Waals surface area contributed by atoms with Crippen molar-refractivity contribution in [1.82, 2.24) is 20.2 Å². The Balaban J connectivity index is 2.25. The van der Waals surface area contributed by atoms with E-state index in [1.165, 1.54) is 10.4 Å². The quantitative estimate of drug-likeness (QED) is 0.830. The van der Waals surface area contributed by atoms with E-state index in [4.69, 9.17) is 5.73 Å². The van der Waals surface area contributed by atoms with E-state index in [0.29, 0.717) is 18.3 Å². The predicted molar refractivity (Wildman–Crippen MR) is 61.7 cm³/mol. The Hall–Kier alpha value is -1.75. The molecule has 0 aliphatic carbocycles. The Bertz CT molecular complexity index is 459. The Morgan fingerprint density at radius 1 is 1.31 bits per heavy atom. The summed E-state index contributed by atoms with van der Waals surface area (Å²) in [4.78, 5) is 1.45. The van der Waals surface area contributed by atoms with Crippen molar-refractivity contribution in [3.05, 3.63) is 29.8 Å². The average molecular weight is 217 g/mol. The van der Waals surface area contributed by atoms with Gasteiger partial charge < -0.3 is 5.73 Å². The molecule has 0 radical (unpaired) electrons. The Labute approximate surface area is 94.3 Å². The summed E-state index contributed by atoms with van der Waals surface area (Å²) in [5, 5.41) is 11.9. The molecule has 0 bridgehead atoms. The highest BCUT2D eigenvalue weighted by atomic mass is 15.6. The predicted octanol–water partition coefficient (Wildman–Crippen LogP) is 0.939. The molecule has 2 N–H and O–H groups in total. The molecule has 1 unspecified atom stereocenters. The second-order valence-corrected chi connectivity index (χ2v) is 3.86. The molecule has 1 aromatic heterocycles. The van der Waals surface area contributed by atoms with Gasteiger partial charge in [-0.2, -0.15) is 4.80 Å². The van der Waals surface area contributed by atoms with Crippen LogP contribution in [0.3, 0.4) is 0 Å². The molecular weight excluding hydrogens is 202 g/mol. The lowest BCUT2D eigenvalue weighted by Crippen LogP contribution is -2.08. The molecule has 84 valence electrons. The van der Waals surface area contributed by atoms with Gasteiger partial charge in [0.1, 0.15) is 0 Å². The molecule has 2 rings (SSSR count). The Morgan fingerprint density at radius 3 is 2.50 bits per heavy atom. The van der Waals surface area contributed by atoms with E-state index in [0.717, 1.165) is 5.56 Å². The standard InChI is InChI=1S/C11H15N5/c1-8(7-12)9-3-5-10(6-4-9)11-13-15-16(2)14-11/h3-6,8H,7,12H2,1-2H3. The molecular formula is C11H15N5. The van der Waals surface area contributed by atoms with Gasteiger partial charge in [0.2, 0.25) is 5.82 Å². The van der Waals surface area contributed by atoms with Crippen molar-refractivity contribution in [2.24, 2.45) is 12.8 Å². The van der Waals surface area contributed by atoms with Gasteiger partial charge in [0, 0.05) is 5.56 Å². The van der Waals surface area contributed by atoms with Crippen LogP contribution in [0.1, 0.15) is 18.4 Å². The summed E-state index contributed by atoms with van der Waals surface area (Å²) in [7, 11) is 1.75. The molecule has 0 aliphatic rings. The molecule has 0 spiro atoms. The molecule has 0 aliphatic heterocycles. The minimum atomic E-state index is 0.379. The number of aromatic nitrogens is 4. The van der Waals surface area contributed by atoms with Crippen LogP contribution in [0.2, 0.25) is 0 Å². The van der Waals surface area contributed by atoms with Crippen LogP contribution in [0.4, 0.5) is 0 Å². The zero-order valence-electron chi connectivity index (χ0n) is 9.46. The Morgan fingerprint density at radius 2 is 2.00 bits per heavy atom. The van der Waals surface area contributed by atoms with E-state index in [9.17, 15) is 0 Å². The van der Waals surface area contributed by atoms with Crippen LogP contribution in [0.25, 0.3) is 11.4 Å². The van der Waals surface area contributed by atoms with Crippen molar-refractivity contribution in [2.45, 2.75) is 12.8 Å². The molecule has 1 aromatic carbocycles. The van der Waals surface area contributed by atoms with Crippen molar-refractivity contribution in [3.63, 3.8) is 0 Å². The summed E-state index contributed by atoms with van der Waals surface area (Å²) in [5.74, 6) is 1.03. The normalized spacial score (nSPS) is 12.7. The van der Waals surface area contributed by atoms with Crippen LogP contribution in [-0.4, -0.2) is 26.8 Å². The third kappa shape index (κ3) is 2.09. The molecule has 1 atom stereocenters. The van der Waals surface area contributed by atoms with Crippen LogP contribution in [0.5, 0.6) is 0 Å². The van der Waals surface area contributed by atoms with Gasteiger partial charge in [-0.1, -0.05) is 31.2 Å². The minimum absolute atomic E-state index is 0.379. The van der Waals surface area contributed by atoms with Gasteiger partial charge in [0.05, 0.1) is 7.05 Å². The first-order chi connectivity index (χ1) is 7.70. The highest BCUT2D eigenvalue weighted by molar-refractivity contribution is 5.54. The van der Waals surface area contributed by atoms with Crippen LogP contribution in [0.15, 0.2) is 24.3 Å². The third-order valence-electron chi connectivity index (χ3n) is 2.60. The monoisotopic (exact) mass is 217 g/mol. The third-order valence-corrected chi connectivity index (χ3v) is 2.60. The molecule has 0 saturated heterocycles. The number of benzene rings is 1. The van der Waals surface area contributed by atoms with E-state index in [2.05, 4.69) is 34.5 Å². The highest BCUT2D eigenvalue weighted by Gasteiger charge is 2.06. The molecule has 16 heavy (non-hydrogen) atoms. The van der Waals surface area contributed by atoms with Gasteiger partial charge >= 0.3 is 0 Å². The second-order valence-electron chi connectivity index (χ2n) is 3.86. The summed E-state index contributed by atoms with van der Waals surface area (Å²) in [5.41, 5.74) is 7.82. The molecule has 5 nitrogen and oxygen atoms in total. The summed E-state index contributed by atoms with van der Waals surface area (Å²) >= 11 is 0. The molecule has 0 amide bonds. The highest BCUT2D eigenvalue weighted by Crippen LogP contribution is 2.18. The van der Waals surface area contributed by atoms with E-state index in [1.54, 1.807) is 7.05 Å². The van der Waals surface area contributed by atoms with Crippen molar-refractivity contribution in [1.29, 1.82) is 0 Å². The fourth-order valence-corrected chi connectivity index (χ4v) is 1.50. The Kier molecular flexibility index (Phi) is 2.96. The second kappa shape index (κ2) is 4.40. The first kappa shape index (κ1) is 10.8. The van der Waals surface area contributed by atoms with Crippen molar-refractivity contribution >= 4 is 0 Å². The van der Waals surface area contributed by atoms with Gasteiger partial charge in [-0.3, -0.25) is 0 Å². The first-order valence-corrected chi connectivity index (χ1v) is 5.25. The molecule has 5 heteroatoms. The van der Waals surface area contributed by atoms with Gasteiger partial charge in [-0.25, -0.2) is 0 Å². The lowest BCUT2D eigenvalue weighted by Gasteiger charge is -2.08. The number of tetrazole rings is 1. The number of nitrogens with zero attached hydrogens (tertiary/aromatic N) is 4. The molecule has 2 aromatic rings. The van der Waals surface area contributed by atoms with E-state index in [1.807, 2.05) is 12.1 Å².